The summed E-state index contributed by atoms with van der Waals surface area (Å²) >= 11 is 0. The van der Waals surface area contributed by atoms with Crippen molar-refractivity contribution in [3.05, 3.63) is 40.0 Å². The first-order valence-corrected chi connectivity index (χ1v) is 10.2. The summed E-state index contributed by atoms with van der Waals surface area (Å²) in [5, 5.41) is 24.9. The maximum atomic E-state index is 15.1. The van der Waals surface area contributed by atoms with Crippen molar-refractivity contribution in [1.82, 2.24) is 9.96 Å². The van der Waals surface area contributed by atoms with Crippen LogP contribution in [-0.2, 0) is 9.59 Å². The Balaban J connectivity index is 1.65. The quantitative estimate of drug-likeness (QED) is 0.296. The number of aliphatic carboxylic acids is 1. The molecule has 4 rings (SSSR count). The first-order chi connectivity index (χ1) is 15.2. The molecule has 178 valence electrons. The molecule has 0 spiro atoms. The number of nitrogens with zero attached hydrogens (tertiary/aromatic N) is 2. The lowest BCUT2D eigenvalue weighted by Gasteiger charge is -2.51. The highest BCUT2D eigenvalue weighted by molar-refractivity contribution is 6.27. The summed E-state index contributed by atoms with van der Waals surface area (Å²) in [6, 6.07) is 0.382. The Hall–Kier alpha value is -2.99. The lowest BCUT2D eigenvalue weighted by Crippen LogP contribution is -2.60. The zero-order valence-electron chi connectivity index (χ0n) is 17.8. The SMILES string of the molecule is Cc1c(N2CC(C)(CNC(=O)C(F)(F)F)C2)c(F)cc2c1[N+]([O-])(C1CC1)C=C(C(=O)O)C2=O. The lowest BCUT2D eigenvalue weighted by molar-refractivity contribution is -0.174. The minimum absolute atomic E-state index is 0.0112. The molecule has 1 aliphatic carbocycles. The number of benzene rings is 1. The van der Waals surface area contributed by atoms with Crippen molar-refractivity contribution in [2.24, 2.45) is 5.41 Å². The predicted octanol–water partition coefficient (Wildman–Crippen LogP) is 2.77. The summed E-state index contributed by atoms with van der Waals surface area (Å²) in [6.07, 6.45) is -3.10. The standard InChI is InChI=1S/C21H21F4N3O5/c1-10-15(27-8-20(2,9-27)7-26-19(32)21(23,24)25)14(22)5-12-16(10)28(33,11-3-4-11)6-13(17(12)29)18(30)31/h5-6,11H,3-4,7-9H2,1-2H3,(H,26,32)(H,30,31). The van der Waals surface area contributed by atoms with Gasteiger partial charge in [-0.15, -0.1) is 0 Å². The second-order valence-electron chi connectivity index (χ2n) is 9.19. The number of fused-ring (bicyclic) bond motifs is 1. The number of hydroxylamine groups is 2. The van der Waals surface area contributed by atoms with E-state index >= 15 is 4.39 Å². The molecule has 1 saturated heterocycles. The molecule has 8 nitrogen and oxygen atoms in total. The molecular weight excluding hydrogens is 450 g/mol. The molecule has 1 atom stereocenters. The van der Waals surface area contributed by atoms with E-state index in [0.717, 1.165) is 12.3 Å². The van der Waals surface area contributed by atoms with Gasteiger partial charge in [-0.1, -0.05) is 6.92 Å². The molecule has 1 amide bonds. The Bertz CT molecular complexity index is 1110. The van der Waals surface area contributed by atoms with Crippen molar-refractivity contribution in [2.75, 3.05) is 24.5 Å². The monoisotopic (exact) mass is 471 g/mol. The van der Waals surface area contributed by atoms with E-state index in [1.807, 2.05) is 5.32 Å². The summed E-state index contributed by atoms with van der Waals surface area (Å²) in [7, 11) is 0. The summed E-state index contributed by atoms with van der Waals surface area (Å²) < 4.78 is 51.2. The van der Waals surface area contributed by atoms with Gasteiger partial charge in [0.15, 0.2) is 11.3 Å². The summed E-state index contributed by atoms with van der Waals surface area (Å²) in [5.74, 6) is -5.41. The van der Waals surface area contributed by atoms with Gasteiger partial charge in [0.2, 0.25) is 5.78 Å². The number of carboxylic acid groups (broad SMARTS) is 1. The molecule has 3 aliphatic rings. The summed E-state index contributed by atoms with van der Waals surface area (Å²) in [6.45, 7) is 3.04. The minimum atomic E-state index is -5.01. The number of carbonyl (C=O) groups excluding carboxylic acids is 2. The van der Waals surface area contributed by atoms with Gasteiger partial charge in [-0.2, -0.15) is 13.2 Å². The predicted molar refractivity (Wildman–Crippen MR) is 109 cm³/mol. The molecule has 0 aromatic heterocycles. The third-order valence-electron chi connectivity index (χ3n) is 6.34. The molecule has 1 saturated carbocycles. The molecule has 33 heavy (non-hydrogen) atoms. The number of anilines is 1. The number of nitrogens with one attached hydrogen (secondary N) is 1. The largest absolute Gasteiger partial charge is 0.622 e. The fraction of sp³-hybridized carbons (Fsp3) is 0.476. The first-order valence-electron chi connectivity index (χ1n) is 10.2. The Morgan fingerprint density at radius 1 is 1.33 bits per heavy atom. The minimum Gasteiger partial charge on any atom is -0.622 e. The van der Waals surface area contributed by atoms with E-state index in [9.17, 15) is 37.9 Å². The molecule has 0 radical (unpaired) electrons. The van der Waals surface area contributed by atoms with Crippen molar-refractivity contribution < 1.29 is 37.1 Å². The Morgan fingerprint density at radius 3 is 2.45 bits per heavy atom. The van der Waals surface area contributed by atoms with Gasteiger partial charge >= 0.3 is 18.1 Å². The van der Waals surface area contributed by atoms with Gasteiger partial charge in [-0.25, -0.2) is 9.18 Å². The Morgan fingerprint density at radius 2 is 1.94 bits per heavy atom. The van der Waals surface area contributed by atoms with Crippen LogP contribution in [0.2, 0.25) is 0 Å². The highest BCUT2D eigenvalue weighted by Crippen LogP contribution is 2.50. The number of hydrogen-bond acceptors (Lipinski definition) is 5. The average molecular weight is 471 g/mol. The third kappa shape index (κ3) is 3.76. The maximum absolute atomic E-state index is 15.1. The van der Waals surface area contributed by atoms with Gasteiger partial charge in [-0.05, 0) is 13.0 Å². The fourth-order valence-electron chi connectivity index (χ4n) is 4.67. The zero-order valence-corrected chi connectivity index (χ0v) is 17.8. The number of hydrogen-bond donors (Lipinski definition) is 2. The van der Waals surface area contributed by atoms with E-state index in [0.29, 0.717) is 12.8 Å². The van der Waals surface area contributed by atoms with E-state index in [1.54, 1.807) is 6.92 Å². The molecule has 0 bridgehead atoms. The topological polar surface area (TPSA) is 110 Å². The van der Waals surface area contributed by atoms with E-state index in [4.69, 9.17) is 0 Å². The van der Waals surface area contributed by atoms with Crippen LogP contribution < -0.4 is 14.9 Å². The number of ketones is 1. The van der Waals surface area contributed by atoms with Gasteiger partial charge in [-0.3, -0.25) is 14.2 Å². The van der Waals surface area contributed by atoms with Crippen LogP contribution in [0.3, 0.4) is 0 Å². The number of carboxylic acids is 1. The zero-order chi connectivity index (χ0) is 24.5. The molecule has 1 aromatic rings. The van der Waals surface area contributed by atoms with Crippen LogP contribution in [0.15, 0.2) is 17.8 Å². The van der Waals surface area contributed by atoms with Gasteiger partial charge in [0.25, 0.3) is 0 Å². The van der Waals surface area contributed by atoms with Gasteiger partial charge in [0, 0.05) is 43.5 Å². The van der Waals surface area contributed by atoms with Crippen molar-refractivity contribution in [3.63, 3.8) is 0 Å². The van der Waals surface area contributed by atoms with Crippen LogP contribution in [-0.4, -0.2) is 54.6 Å². The highest BCUT2D eigenvalue weighted by Gasteiger charge is 2.50. The molecule has 2 N–H and O–H groups in total. The average Bonchev–Trinajstić information content (AvgIpc) is 3.52. The van der Waals surface area contributed by atoms with Gasteiger partial charge in [0.1, 0.15) is 12.0 Å². The second kappa shape index (κ2) is 7.26. The number of alkyl halides is 3. The highest BCUT2D eigenvalue weighted by atomic mass is 19.4. The third-order valence-corrected chi connectivity index (χ3v) is 6.34. The van der Waals surface area contributed by atoms with E-state index in [-0.39, 0.29) is 42.1 Å². The molecule has 1 unspecified atom stereocenters. The number of amides is 1. The molecular formula is C21H21F4N3O5. The normalized spacial score (nSPS) is 24.0. The molecule has 1 aromatic carbocycles. The van der Waals surface area contributed by atoms with Crippen LogP contribution in [0.25, 0.3) is 0 Å². The molecule has 2 heterocycles. The number of Topliss-reactive ketones (excluding diaryl/α,β-unsaturated/α-hetero) is 1. The second-order valence-corrected chi connectivity index (χ2v) is 9.19. The number of rotatable bonds is 5. The number of quaternary nitrogens is 1. The van der Waals surface area contributed by atoms with Crippen LogP contribution >= 0.6 is 0 Å². The first kappa shape index (κ1) is 23.2. The Kier molecular flexibility index (Phi) is 5.10. The van der Waals surface area contributed by atoms with Crippen molar-refractivity contribution in [3.8, 4) is 0 Å². The number of carbonyl (C=O) groups is 3. The molecule has 12 heteroatoms. The number of halogens is 4. The van der Waals surface area contributed by atoms with E-state index in [1.165, 1.54) is 11.8 Å². The van der Waals surface area contributed by atoms with Crippen LogP contribution in [0.4, 0.5) is 28.9 Å². The molecule has 2 fully saturated rings. The van der Waals surface area contributed by atoms with Crippen molar-refractivity contribution in [1.29, 1.82) is 0 Å². The molecule has 2 aliphatic heterocycles. The lowest BCUT2D eigenvalue weighted by atomic mass is 9.80. The van der Waals surface area contributed by atoms with E-state index in [2.05, 4.69) is 0 Å². The smallest absolute Gasteiger partial charge is 0.471 e. The van der Waals surface area contributed by atoms with Gasteiger partial charge in [0.05, 0.1) is 17.3 Å². The van der Waals surface area contributed by atoms with Crippen molar-refractivity contribution >= 4 is 29.0 Å². The van der Waals surface area contributed by atoms with Crippen LogP contribution in [0.5, 0.6) is 0 Å². The van der Waals surface area contributed by atoms with Crippen LogP contribution in [0, 0.1) is 23.4 Å². The van der Waals surface area contributed by atoms with Crippen LogP contribution in [0.1, 0.15) is 35.7 Å². The van der Waals surface area contributed by atoms with Gasteiger partial charge < -0.3 is 20.5 Å². The maximum Gasteiger partial charge on any atom is 0.471 e. The fourth-order valence-corrected chi connectivity index (χ4v) is 4.67. The van der Waals surface area contributed by atoms with Crippen molar-refractivity contribution in [2.45, 2.75) is 38.9 Å². The summed E-state index contributed by atoms with van der Waals surface area (Å²) in [5.41, 5.74) is -1.55. The summed E-state index contributed by atoms with van der Waals surface area (Å²) in [4.78, 5) is 36.8. The Labute approximate surface area is 185 Å². The van der Waals surface area contributed by atoms with E-state index < -0.39 is 51.3 Å².